The summed E-state index contributed by atoms with van der Waals surface area (Å²) in [6.07, 6.45) is 1.80. The van der Waals surface area contributed by atoms with Crippen molar-refractivity contribution in [3.05, 3.63) is 64.4 Å². The van der Waals surface area contributed by atoms with Gasteiger partial charge in [0.15, 0.2) is 5.16 Å². The maximum atomic E-state index is 12.1. The fraction of sp³-hybridized carbons (Fsp3) is 0.105. The predicted molar refractivity (Wildman–Crippen MR) is 99.9 cm³/mol. The Hall–Kier alpha value is -3.24. The molecule has 3 rings (SSSR count). The average Bonchev–Trinajstić information content (AvgIpc) is 2.68. The van der Waals surface area contributed by atoms with Crippen molar-refractivity contribution in [2.24, 2.45) is 0 Å². The number of nitrogens with zero attached hydrogens (tertiary/aromatic N) is 2. The zero-order valence-corrected chi connectivity index (χ0v) is 15.0. The van der Waals surface area contributed by atoms with Crippen LogP contribution in [0.25, 0.3) is 11.3 Å². The molecule has 26 heavy (non-hydrogen) atoms. The van der Waals surface area contributed by atoms with Gasteiger partial charge in [-0.25, -0.2) is 4.98 Å². The Morgan fingerprint density at radius 3 is 2.50 bits per heavy atom. The number of hydrogen-bond acceptors (Lipinski definition) is 6. The summed E-state index contributed by atoms with van der Waals surface area (Å²) < 4.78 is 11.0. The highest BCUT2D eigenvalue weighted by molar-refractivity contribution is 7.98. The molecule has 1 heterocycles. The third-order valence-corrected chi connectivity index (χ3v) is 4.19. The largest absolute Gasteiger partial charge is 0.497 e. The van der Waals surface area contributed by atoms with Gasteiger partial charge in [0.25, 0.3) is 5.56 Å². The third-order valence-electron chi connectivity index (χ3n) is 3.61. The molecule has 1 aromatic heterocycles. The molecule has 0 fully saturated rings. The number of methoxy groups -OCH3 is 1. The van der Waals surface area contributed by atoms with Crippen molar-refractivity contribution in [2.45, 2.75) is 5.16 Å². The molecule has 3 aromatic rings. The van der Waals surface area contributed by atoms with Crippen LogP contribution in [0.2, 0.25) is 0 Å². The van der Waals surface area contributed by atoms with Gasteiger partial charge in [0.05, 0.1) is 12.8 Å². The van der Waals surface area contributed by atoms with Crippen molar-refractivity contribution >= 4 is 11.8 Å². The first-order valence-electron chi connectivity index (χ1n) is 7.65. The minimum Gasteiger partial charge on any atom is -0.497 e. The smallest absolute Gasteiger partial charge is 0.270 e. The van der Waals surface area contributed by atoms with E-state index in [1.807, 2.05) is 6.07 Å². The zero-order chi connectivity index (χ0) is 18.5. The van der Waals surface area contributed by atoms with Crippen molar-refractivity contribution < 1.29 is 9.47 Å². The van der Waals surface area contributed by atoms with Crippen LogP contribution >= 0.6 is 11.8 Å². The molecule has 0 saturated carbocycles. The normalized spacial score (nSPS) is 10.2. The molecule has 0 aliphatic heterocycles. The van der Waals surface area contributed by atoms with E-state index in [9.17, 15) is 10.1 Å². The van der Waals surface area contributed by atoms with Gasteiger partial charge in [-0.05, 0) is 42.7 Å². The Morgan fingerprint density at radius 2 is 1.85 bits per heavy atom. The second-order valence-electron chi connectivity index (χ2n) is 5.22. The standard InChI is InChI=1S/C19H15N3O3S/c1-24-13-6-8-14(9-7-13)25-15-5-3-4-12(10-15)17-16(11-20)18(23)22-19(21-17)26-2/h3-10H,1-2H3,(H,21,22,23). The number of aromatic amines is 1. The Morgan fingerprint density at radius 1 is 1.12 bits per heavy atom. The van der Waals surface area contributed by atoms with E-state index < -0.39 is 5.56 Å². The molecule has 6 nitrogen and oxygen atoms in total. The molecule has 0 aliphatic rings. The van der Waals surface area contributed by atoms with Crippen LogP contribution in [0.5, 0.6) is 17.2 Å². The number of H-pyrrole nitrogens is 1. The van der Waals surface area contributed by atoms with Gasteiger partial charge in [0, 0.05) is 5.56 Å². The molecule has 0 atom stereocenters. The highest BCUT2D eigenvalue weighted by Crippen LogP contribution is 2.28. The van der Waals surface area contributed by atoms with Crippen LogP contribution in [0.15, 0.2) is 58.5 Å². The summed E-state index contributed by atoms with van der Waals surface area (Å²) in [5, 5.41) is 9.77. The number of ether oxygens (including phenoxy) is 2. The summed E-state index contributed by atoms with van der Waals surface area (Å²) in [6, 6.07) is 16.2. The first-order chi connectivity index (χ1) is 12.6. The molecule has 0 aliphatic carbocycles. The van der Waals surface area contributed by atoms with E-state index in [1.54, 1.807) is 61.9 Å². The van der Waals surface area contributed by atoms with E-state index >= 15 is 0 Å². The SMILES string of the molecule is COc1ccc(Oc2cccc(-c3nc(SC)[nH]c(=O)c3C#N)c2)cc1. The van der Waals surface area contributed by atoms with Gasteiger partial charge in [-0.2, -0.15) is 5.26 Å². The minimum absolute atomic E-state index is 0.0237. The van der Waals surface area contributed by atoms with Gasteiger partial charge in [-0.3, -0.25) is 4.79 Å². The first kappa shape index (κ1) is 17.6. The van der Waals surface area contributed by atoms with Crippen LogP contribution < -0.4 is 15.0 Å². The quantitative estimate of drug-likeness (QED) is 0.546. The predicted octanol–water partition coefficient (Wildman–Crippen LogP) is 3.83. The molecule has 0 radical (unpaired) electrons. The third kappa shape index (κ3) is 3.71. The van der Waals surface area contributed by atoms with Crippen molar-refractivity contribution in [1.82, 2.24) is 9.97 Å². The molecule has 0 unspecified atom stereocenters. The van der Waals surface area contributed by atoms with Gasteiger partial charge in [0.2, 0.25) is 0 Å². The van der Waals surface area contributed by atoms with Crippen LogP contribution in [-0.4, -0.2) is 23.3 Å². The molecule has 0 saturated heterocycles. The Kier molecular flexibility index (Phi) is 5.25. The molecular formula is C19H15N3O3S. The second-order valence-corrected chi connectivity index (χ2v) is 6.01. The molecular weight excluding hydrogens is 350 g/mol. The lowest BCUT2D eigenvalue weighted by atomic mass is 10.1. The number of benzene rings is 2. The highest BCUT2D eigenvalue weighted by Gasteiger charge is 2.14. The van der Waals surface area contributed by atoms with Crippen molar-refractivity contribution in [1.29, 1.82) is 5.26 Å². The van der Waals surface area contributed by atoms with Gasteiger partial charge in [-0.15, -0.1) is 0 Å². The molecule has 2 aromatic carbocycles. The van der Waals surface area contributed by atoms with Crippen LogP contribution in [-0.2, 0) is 0 Å². The van der Waals surface area contributed by atoms with Crippen molar-refractivity contribution in [3.8, 4) is 34.6 Å². The minimum atomic E-state index is -0.455. The van der Waals surface area contributed by atoms with Gasteiger partial charge in [0.1, 0.15) is 28.9 Å². The van der Waals surface area contributed by atoms with Crippen LogP contribution in [0.4, 0.5) is 0 Å². The monoisotopic (exact) mass is 365 g/mol. The molecule has 0 amide bonds. The Balaban J connectivity index is 1.98. The lowest BCUT2D eigenvalue weighted by molar-refractivity contribution is 0.413. The van der Waals surface area contributed by atoms with Crippen LogP contribution in [0, 0.1) is 11.3 Å². The van der Waals surface area contributed by atoms with Crippen LogP contribution in [0.3, 0.4) is 0 Å². The van der Waals surface area contributed by atoms with Crippen LogP contribution in [0.1, 0.15) is 5.56 Å². The zero-order valence-electron chi connectivity index (χ0n) is 14.1. The number of hydrogen-bond donors (Lipinski definition) is 1. The van der Waals surface area contributed by atoms with E-state index in [1.165, 1.54) is 11.8 Å². The number of nitrogens with one attached hydrogen (secondary N) is 1. The fourth-order valence-electron chi connectivity index (χ4n) is 2.35. The number of thioether (sulfide) groups is 1. The molecule has 7 heteroatoms. The maximum Gasteiger partial charge on any atom is 0.270 e. The number of aromatic nitrogens is 2. The Bertz CT molecular complexity index is 1020. The lowest BCUT2D eigenvalue weighted by Gasteiger charge is -2.09. The second kappa shape index (κ2) is 7.76. The fourth-order valence-corrected chi connectivity index (χ4v) is 2.73. The molecule has 0 spiro atoms. The number of rotatable bonds is 5. The molecule has 130 valence electrons. The average molecular weight is 365 g/mol. The highest BCUT2D eigenvalue weighted by atomic mass is 32.2. The summed E-state index contributed by atoms with van der Waals surface area (Å²) >= 11 is 1.30. The van der Waals surface area contributed by atoms with E-state index in [-0.39, 0.29) is 5.56 Å². The molecule has 0 bridgehead atoms. The summed E-state index contributed by atoms with van der Waals surface area (Å²) in [5.74, 6) is 1.96. The van der Waals surface area contributed by atoms with E-state index in [0.717, 1.165) is 5.75 Å². The topological polar surface area (TPSA) is 88.0 Å². The summed E-state index contributed by atoms with van der Waals surface area (Å²) in [4.78, 5) is 19.0. The maximum absolute atomic E-state index is 12.1. The van der Waals surface area contributed by atoms with Crippen molar-refractivity contribution in [3.63, 3.8) is 0 Å². The Labute approximate surface area is 154 Å². The summed E-state index contributed by atoms with van der Waals surface area (Å²) in [7, 11) is 1.60. The lowest BCUT2D eigenvalue weighted by Crippen LogP contribution is -2.14. The molecule has 1 N–H and O–H groups in total. The van der Waals surface area contributed by atoms with E-state index in [2.05, 4.69) is 9.97 Å². The van der Waals surface area contributed by atoms with E-state index in [4.69, 9.17) is 9.47 Å². The summed E-state index contributed by atoms with van der Waals surface area (Å²) in [5.41, 5.74) is 0.488. The number of nitriles is 1. The summed E-state index contributed by atoms with van der Waals surface area (Å²) in [6.45, 7) is 0. The van der Waals surface area contributed by atoms with Crippen molar-refractivity contribution in [2.75, 3.05) is 13.4 Å². The van der Waals surface area contributed by atoms with E-state index in [0.29, 0.717) is 27.9 Å². The van der Waals surface area contributed by atoms with Gasteiger partial charge in [-0.1, -0.05) is 23.9 Å². The van der Waals surface area contributed by atoms with Gasteiger partial charge < -0.3 is 14.5 Å². The first-order valence-corrected chi connectivity index (χ1v) is 8.88. The van der Waals surface area contributed by atoms with Gasteiger partial charge >= 0.3 is 0 Å².